The van der Waals surface area contributed by atoms with E-state index in [-0.39, 0.29) is 17.7 Å². The van der Waals surface area contributed by atoms with Gasteiger partial charge in [0.05, 0.1) is 10.3 Å². The highest BCUT2D eigenvalue weighted by Gasteiger charge is 2.46. The Bertz CT molecular complexity index is 968. The second-order valence-electron chi connectivity index (χ2n) is 8.36. The van der Waals surface area contributed by atoms with Crippen LogP contribution in [0.3, 0.4) is 0 Å². The molecule has 0 fully saturated rings. The Morgan fingerprint density at radius 1 is 1.00 bits per heavy atom. The summed E-state index contributed by atoms with van der Waals surface area (Å²) in [6.45, 7) is 4.71. The molecule has 0 saturated carbocycles. The van der Waals surface area contributed by atoms with Crippen molar-refractivity contribution in [3.8, 4) is 0 Å². The van der Waals surface area contributed by atoms with Gasteiger partial charge in [0, 0.05) is 37.8 Å². The molecule has 9 heteroatoms. The standard InChI is InChI=1S/C22H31NO7S/c1-16-22(2,13-7-3-5-9-20(24)25)18-15-17(31(28,29)30)11-12-19(18)23(16)14-8-4-6-10-21(26)27/h11-12,15H,3-10,13-14H2,1-2H3,(H2-,24,25,26,27,28,29,30). The van der Waals surface area contributed by atoms with Gasteiger partial charge in [-0.25, -0.2) is 8.42 Å². The Hall–Kier alpha value is -2.26. The smallest absolute Gasteiger partial charge is 0.303 e. The third-order valence-electron chi connectivity index (χ3n) is 6.19. The summed E-state index contributed by atoms with van der Waals surface area (Å²) in [4.78, 5) is 21.2. The second kappa shape index (κ2) is 10.4. The zero-order valence-electron chi connectivity index (χ0n) is 18.1. The topological polar surface area (TPSA) is 135 Å². The average Bonchev–Trinajstić information content (AvgIpc) is 2.88. The minimum atomic E-state index is -4.58. The number of hydrogen-bond acceptors (Lipinski definition) is 5. The Morgan fingerprint density at radius 3 is 2.13 bits per heavy atom. The van der Waals surface area contributed by atoms with Crippen LogP contribution in [0.1, 0.15) is 77.2 Å². The van der Waals surface area contributed by atoms with Gasteiger partial charge in [-0.1, -0.05) is 12.8 Å². The molecule has 0 bridgehead atoms. The van der Waals surface area contributed by atoms with Crippen molar-refractivity contribution in [2.24, 2.45) is 0 Å². The summed E-state index contributed by atoms with van der Waals surface area (Å²) in [6, 6.07) is 4.49. The lowest BCUT2D eigenvalue weighted by molar-refractivity contribution is -0.439. The van der Waals surface area contributed by atoms with Crippen molar-refractivity contribution < 1.29 is 37.3 Å². The molecule has 31 heavy (non-hydrogen) atoms. The molecular weight excluding hydrogens is 422 g/mol. The van der Waals surface area contributed by atoms with Gasteiger partial charge >= 0.3 is 11.9 Å². The number of carboxylic acids is 2. The molecule has 0 spiro atoms. The summed E-state index contributed by atoms with van der Waals surface area (Å²) in [5.41, 5.74) is 2.27. The lowest BCUT2D eigenvalue weighted by Gasteiger charge is -2.23. The van der Waals surface area contributed by atoms with Crippen LogP contribution in [0.4, 0.5) is 5.69 Å². The minimum absolute atomic E-state index is 0.122. The first-order valence-electron chi connectivity index (χ1n) is 10.6. The van der Waals surface area contributed by atoms with Gasteiger partial charge < -0.3 is 14.8 Å². The van der Waals surface area contributed by atoms with Gasteiger partial charge in [-0.15, -0.1) is 0 Å². The van der Waals surface area contributed by atoms with E-state index in [1.54, 1.807) is 6.07 Å². The van der Waals surface area contributed by atoms with Gasteiger partial charge in [0.2, 0.25) is 5.69 Å². The van der Waals surface area contributed by atoms with Crippen LogP contribution >= 0.6 is 0 Å². The predicted molar refractivity (Wildman–Crippen MR) is 114 cm³/mol. The number of carbonyl (C=O) groups is 2. The van der Waals surface area contributed by atoms with E-state index in [2.05, 4.69) is 4.58 Å². The molecule has 0 aromatic heterocycles. The Kier molecular flexibility index (Phi) is 8.36. The van der Waals surface area contributed by atoms with E-state index < -0.39 is 27.5 Å². The quantitative estimate of drug-likeness (QED) is 0.264. The fourth-order valence-electron chi connectivity index (χ4n) is 4.28. The zero-order valence-corrected chi connectivity index (χ0v) is 18.9. The van der Waals surface area contributed by atoms with Gasteiger partial charge in [-0.2, -0.15) is 4.58 Å². The van der Waals surface area contributed by atoms with Gasteiger partial charge in [-0.05, 0) is 44.7 Å². The molecule has 2 rings (SSSR count). The molecule has 1 aromatic rings. The third kappa shape index (κ3) is 6.36. The number of carboxylic acid groups (broad SMARTS) is 2. The highest BCUT2D eigenvalue weighted by atomic mass is 32.2. The molecule has 1 atom stereocenters. The molecule has 0 amide bonds. The summed E-state index contributed by atoms with van der Waals surface area (Å²) in [5, 5.41) is 17.6. The second-order valence-corrected chi connectivity index (χ2v) is 9.74. The van der Waals surface area contributed by atoms with Gasteiger partial charge in [0.1, 0.15) is 16.7 Å². The van der Waals surface area contributed by atoms with Crippen molar-refractivity contribution in [1.82, 2.24) is 0 Å². The van der Waals surface area contributed by atoms with E-state index in [4.69, 9.17) is 10.2 Å². The highest BCUT2D eigenvalue weighted by molar-refractivity contribution is 7.85. The molecule has 0 radical (unpaired) electrons. The molecule has 172 valence electrons. The Balaban J connectivity index is 2.24. The largest absolute Gasteiger partial charge is 0.744 e. The number of benzene rings is 1. The minimum Gasteiger partial charge on any atom is -0.744 e. The molecular formula is C22H31NO7S. The van der Waals surface area contributed by atoms with E-state index in [0.717, 1.165) is 42.6 Å². The van der Waals surface area contributed by atoms with Crippen LogP contribution in [0.5, 0.6) is 0 Å². The van der Waals surface area contributed by atoms with E-state index >= 15 is 0 Å². The fourth-order valence-corrected chi connectivity index (χ4v) is 4.78. The predicted octanol–water partition coefficient (Wildman–Crippen LogP) is 3.65. The maximum atomic E-state index is 11.6. The maximum absolute atomic E-state index is 11.6. The normalized spacial score (nSPS) is 18.3. The van der Waals surface area contributed by atoms with Crippen molar-refractivity contribution in [3.05, 3.63) is 23.8 Å². The summed E-state index contributed by atoms with van der Waals surface area (Å²) >= 11 is 0. The average molecular weight is 454 g/mol. The number of aliphatic carboxylic acids is 2. The van der Waals surface area contributed by atoms with Crippen LogP contribution in [0.15, 0.2) is 23.1 Å². The van der Waals surface area contributed by atoms with Crippen LogP contribution in [-0.4, -0.2) is 52.0 Å². The molecule has 0 aliphatic carbocycles. The number of fused-ring (bicyclic) bond motifs is 1. The van der Waals surface area contributed by atoms with Gasteiger partial charge in [0.25, 0.3) is 0 Å². The molecule has 1 aliphatic heterocycles. The van der Waals surface area contributed by atoms with Gasteiger partial charge in [0.15, 0.2) is 5.71 Å². The lowest BCUT2D eigenvalue weighted by atomic mass is 9.76. The number of unbranched alkanes of at least 4 members (excludes halogenated alkanes) is 4. The SMILES string of the molecule is CC1=[N+](CCCCCC(=O)O)c2ccc(S(=O)(=O)[O-])cc2C1(C)CCCCCC(=O)O. The summed E-state index contributed by atoms with van der Waals surface area (Å²) in [7, 11) is -4.58. The molecule has 8 nitrogen and oxygen atoms in total. The molecule has 1 unspecified atom stereocenters. The van der Waals surface area contributed by atoms with E-state index in [1.807, 2.05) is 13.8 Å². The van der Waals surface area contributed by atoms with Crippen LogP contribution in [0, 0.1) is 0 Å². The molecule has 1 aromatic carbocycles. The molecule has 0 saturated heterocycles. The first-order valence-corrected chi connectivity index (χ1v) is 12.0. The number of rotatable bonds is 13. The third-order valence-corrected chi connectivity index (χ3v) is 7.02. The van der Waals surface area contributed by atoms with Crippen molar-refractivity contribution in [2.75, 3.05) is 6.54 Å². The summed E-state index contributed by atoms with van der Waals surface area (Å²) in [6.07, 6.45) is 5.24. The zero-order chi connectivity index (χ0) is 23.2. The summed E-state index contributed by atoms with van der Waals surface area (Å²) in [5.74, 6) is -1.63. The Labute approximate surface area is 183 Å². The van der Waals surface area contributed by atoms with Crippen LogP contribution in [0.2, 0.25) is 0 Å². The Morgan fingerprint density at radius 2 is 1.58 bits per heavy atom. The van der Waals surface area contributed by atoms with E-state index in [0.29, 0.717) is 25.8 Å². The first-order chi connectivity index (χ1) is 14.5. The first kappa shape index (κ1) is 25.0. The fraction of sp³-hybridized carbons (Fsp3) is 0.591. The van der Waals surface area contributed by atoms with E-state index in [9.17, 15) is 22.6 Å². The molecule has 1 aliphatic rings. The van der Waals surface area contributed by atoms with E-state index in [1.165, 1.54) is 12.1 Å². The van der Waals surface area contributed by atoms with Crippen LogP contribution < -0.4 is 0 Å². The summed E-state index contributed by atoms with van der Waals surface area (Å²) < 4.78 is 36.9. The highest BCUT2D eigenvalue weighted by Crippen LogP contribution is 2.44. The van der Waals surface area contributed by atoms with Crippen LogP contribution in [-0.2, 0) is 25.1 Å². The van der Waals surface area contributed by atoms with Crippen molar-refractivity contribution >= 4 is 33.5 Å². The van der Waals surface area contributed by atoms with Gasteiger partial charge in [-0.3, -0.25) is 9.59 Å². The van der Waals surface area contributed by atoms with Crippen molar-refractivity contribution in [3.63, 3.8) is 0 Å². The number of hydrogen-bond donors (Lipinski definition) is 2. The van der Waals surface area contributed by atoms with Crippen molar-refractivity contribution in [2.45, 2.75) is 81.9 Å². The lowest BCUT2D eigenvalue weighted by Crippen LogP contribution is -2.30. The number of nitrogens with zero attached hydrogens (tertiary/aromatic N) is 1. The maximum Gasteiger partial charge on any atom is 0.303 e. The molecule has 2 N–H and O–H groups in total. The van der Waals surface area contributed by atoms with Crippen molar-refractivity contribution in [1.29, 1.82) is 0 Å². The molecule has 1 heterocycles. The van der Waals surface area contributed by atoms with Crippen LogP contribution in [0.25, 0.3) is 0 Å². The monoisotopic (exact) mass is 453 g/mol.